The zero-order chi connectivity index (χ0) is 13.2. The van der Waals surface area contributed by atoms with Crippen molar-refractivity contribution < 1.29 is 4.79 Å². The lowest BCUT2D eigenvalue weighted by Gasteiger charge is -2.42. The average molecular weight is 257 g/mol. The van der Waals surface area contributed by atoms with Gasteiger partial charge in [0.1, 0.15) is 5.84 Å². The number of hydrogen-bond donors (Lipinski definition) is 2. The summed E-state index contributed by atoms with van der Waals surface area (Å²) in [6, 6.07) is 10.2. The Balaban J connectivity index is 1.68. The highest BCUT2D eigenvalue weighted by Crippen LogP contribution is 2.26. The van der Waals surface area contributed by atoms with Crippen molar-refractivity contribution >= 4 is 11.7 Å². The summed E-state index contributed by atoms with van der Waals surface area (Å²) in [6.07, 6.45) is 2.54. The second kappa shape index (κ2) is 5.03. The highest BCUT2D eigenvalue weighted by molar-refractivity contribution is 5.96. The first kappa shape index (κ1) is 12.2. The molecule has 3 rings (SSSR count). The van der Waals surface area contributed by atoms with Gasteiger partial charge in [-0.05, 0) is 18.8 Å². The molecule has 0 bridgehead atoms. The van der Waals surface area contributed by atoms with Gasteiger partial charge in [0.25, 0.3) is 0 Å². The molecule has 0 aliphatic carbocycles. The van der Waals surface area contributed by atoms with Crippen molar-refractivity contribution in [1.82, 2.24) is 10.2 Å². The van der Waals surface area contributed by atoms with Crippen molar-refractivity contribution in [2.75, 3.05) is 13.1 Å². The summed E-state index contributed by atoms with van der Waals surface area (Å²) in [5, 5.41) is 11.4. The first-order valence-corrected chi connectivity index (χ1v) is 6.92. The van der Waals surface area contributed by atoms with Crippen LogP contribution < -0.4 is 5.32 Å². The predicted octanol–water partition coefficient (Wildman–Crippen LogP) is 1.61. The number of piperidine rings is 2. The molecule has 2 aliphatic rings. The summed E-state index contributed by atoms with van der Waals surface area (Å²) in [5.41, 5.74) is 0.973. The molecule has 4 nitrogen and oxygen atoms in total. The van der Waals surface area contributed by atoms with Crippen molar-refractivity contribution in [3.8, 4) is 0 Å². The molecule has 4 heteroatoms. The van der Waals surface area contributed by atoms with Crippen LogP contribution >= 0.6 is 0 Å². The van der Waals surface area contributed by atoms with E-state index in [1.807, 2.05) is 30.3 Å². The fourth-order valence-corrected chi connectivity index (χ4v) is 3.09. The lowest BCUT2D eigenvalue weighted by molar-refractivity contribution is -0.125. The normalized spacial score (nSPS) is 26.5. The summed E-state index contributed by atoms with van der Waals surface area (Å²) in [4.78, 5) is 13.5. The zero-order valence-electron chi connectivity index (χ0n) is 10.9. The van der Waals surface area contributed by atoms with Gasteiger partial charge in [-0.3, -0.25) is 10.2 Å². The molecule has 2 fully saturated rings. The Morgan fingerprint density at radius 1 is 1.26 bits per heavy atom. The van der Waals surface area contributed by atoms with E-state index in [9.17, 15) is 4.79 Å². The number of amidine groups is 1. The third kappa shape index (κ3) is 2.48. The maximum Gasteiger partial charge on any atom is 0.220 e. The van der Waals surface area contributed by atoms with Gasteiger partial charge in [0.05, 0.1) is 0 Å². The van der Waals surface area contributed by atoms with Gasteiger partial charge in [-0.15, -0.1) is 0 Å². The van der Waals surface area contributed by atoms with E-state index in [1.54, 1.807) is 0 Å². The van der Waals surface area contributed by atoms with Gasteiger partial charge < -0.3 is 10.2 Å². The molecule has 2 saturated heterocycles. The molecule has 1 amide bonds. The fourth-order valence-electron chi connectivity index (χ4n) is 3.09. The Morgan fingerprint density at radius 3 is 2.84 bits per heavy atom. The first-order chi connectivity index (χ1) is 9.24. The Kier molecular flexibility index (Phi) is 3.23. The second-order valence-electron chi connectivity index (χ2n) is 5.42. The molecule has 1 aromatic carbocycles. The molecule has 2 heterocycles. The number of carbonyl (C=O) groups is 1. The van der Waals surface area contributed by atoms with Crippen LogP contribution in [0, 0.1) is 11.3 Å². The van der Waals surface area contributed by atoms with Gasteiger partial charge in [0.15, 0.2) is 0 Å². The van der Waals surface area contributed by atoms with Crippen LogP contribution in [0.3, 0.4) is 0 Å². The third-order valence-electron chi connectivity index (χ3n) is 4.19. The van der Waals surface area contributed by atoms with E-state index in [1.165, 1.54) is 0 Å². The van der Waals surface area contributed by atoms with Crippen LogP contribution in [0.1, 0.15) is 24.8 Å². The van der Waals surface area contributed by atoms with Crippen LogP contribution in [-0.4, -0.2) is 35.8 Å². The molecule has 2 atom stereocenters. The van der Waals surface area contributed by atoms with Crippen molar-refractivity contribution in [1.29, 1.82) is 5.41 Å². The van der Waals surface area contributed by atoms with Crippen LogP contribution in [-0.2, 0) is 4.79 Å². The molecule has 0 spiro atoms. The Labute approximate surface area is 113 Å². The second-order valence-corrected chi connectivity index (χ2v) is 5.42. The maximum absolute atomic E-state index is 11.4. The van der Waals surface area contributed by atoms with Gasteiger partial charge in [-0.25, -0.2) is 0 Å². The fraction of sp³-hybridized carbons (Fsp3) is 0.467. The van der Waals surface area contributed by atoms with E-state index in [-0.39, 0.29) is 5.91 Å². The van der Waals surface area contributed by atoms with Crippen LogP contribution in [0.25, 0.3) is 0 Å². The number of nitrogens with one attached hydrogen (secondary N) is 2. The molecular formula is C15H19N3O. The number of benzene rings is 1. The van der Waals surface area contributed by atoms with E-state index < -0.39 is 0 Å². The van der Waals surface area contributed by atoms with Crippen molar-refractivity contribution in [3.05, 3.63) is 35.9 Å². The molecule has 0 saturated carbocycles. The van der Waals surface area contributed by atoms with Crippen molar-refractivity contribution in [2.45, 2.75) is 25.3 Å². The molecule has 0 aromatic heterocycles. The average Bonchev–Trinajstić information content (AvgIpc) is 2.47. The molecule has 0 radical (unpaired) electrons. The van der Waals surface area contributed by atoms with Crippen molar-refractivity contribution in [3.63, 3.8) is 0 Å². The number of rotatable bonds is 1. The van der Waals surface area contributed by atoms with Gasteiger partial charge >= 0.3 is 0 Å². The SMILES string of the molecule is N=C(c1ccccc1)N1CCC2NC(=O)CCC2C1. The molecule has 2 N–H and O–H groups in total. The van der Waals surface area contributed by atoms with Crippen molar-refractivity contribution in [2.24, 2.45) is 5.92 Å². The summed E-state index contributed by atoms with van der Waals surface area (Å²) in [6.45, 7) is 1.74. The first-order valence-electron chi connectivity index (χ1n) is 6.92. The van der Waals surface area contributed by atoms with E-state index >= 15 is 0 Å². The van der Waals surface area contributed by atoms with E-state index in [0.29, 0.717) is 24.2 Å². The Bertz CT molecular complexity index is 485. The van der Waals surface area contributed by atoms with Crippen LogP contribution in [0.5, 0.6) is 0 Å². The van der Waals surface area contributed by atoms with E-state index in [0.717, 1.165) is 31.5 Å². The van der Waals surface area contributed by atoms with E-state index in [4.69, 9.17) is 5.41 Å². The molecule has 100 valence electrons. The minimum absolute atomic E-state index is 0.188. The number of nitrogens with zero attached hydrogens (tertiary/aromatic N) is 1. The number of amides is 1. The number of hydrogen-bond acceptors (Lipinski definition) is 2. The third-order valence-corrected chi connectivity index (χ3v) is 4.19. The molecule has 19 heavy (non-hydrogen) atoms. The van der Waals surface area contributed by atoms with Crippen LogP contribution in [0.4, 0.5) is 0 Å². The molecular weight excluding hydrogens is 238 g/mol. The standard InChI is InChI=1S/C15H19N3O/c16-15(11-4-2-1-3-5-11)18-9-8-13-12(10-18)6-7-14(19)17-13/h1-5,12-13,16H,6-10H2,(H,17,19). The van der Waals surface area contributed by atoms with E-state index in [2.05, 4.69) is 10.2 Å². The Hall–Kier alpha value is -1.84. The maximum atomic E-state index is 11.4. The topological polar surface area (TPSA) is 56.2 Å². The zero-order valence-corrected chi connectivity index (χ0v) is 10.9. The monoisotopic (exact) mass is 257 g/mol. The highest BCUT2D eigenvalue weighted by Gasteiger charge is 2.34. The van der Waals surface area contributed by atoms with Crippen LogP contribution in [0.2, 0.25) is 0 Å². The quantitative estimate of drug-likeness (QED) is 0.593. The summed E-state index contributed by atoms with van der Waals surface area (Å²) in [5.74, 6) is 1.29. The van der Waals surface area contributed by atoms with Gasteiger partial charge in [0.2, 0.25) is 5.91 Å². The number of carbonyl (C=O) groups excluding carboxylic acids is 1. The molecule has 2 aliphatic heterocycles. The van der Waals surface area contributed by atoms with Gasteiger partial charge in [0, 0.05) is 31.1 Å². The number of fused-ring (bicyclic) bond motifs is 1. The largest absolute Gasteiger partial charge is 0.356 e. The summed E-state index contributed by atoms with van der Waals surface area (Å²) in [7, 11) is 0. The lowest BCUT2D eigenvalue weighted by atomic mass is 9.85. The minimum atomic E-state index is 0.188. The summed E-state index contributed by atoms with van der Waals surface area (Å²) >= 11 is 0. The minimum Gasteiger partial charge on any atom is -0.356 e. The summed E-state index contributed by atoms with van der Waals surface area (Å²) < 4.78 is 0. The van der Waals surface area contributed by atoms with Gasteiger partial charge in [-0.1, -0.05) is 30.3 Å². The predicted molar refractivity (Wildman–Crippen MR) is 74.1 cm³/mol. The lowest BCUT2D eigenvalue weighted by Crippen LogP contribution is -2.55. The number of likely N-dealkylation sites (tertiary alicyclic amines) is 1. The molecule has 1 aromatic rings. The smallest absolute Gasteiger partial charge is 0.220 e. The van der Waals surface area contributed by atoms with Gasteiger partial charge in [-0.2, -0.15) is 0 Å². The molecule has 2 unspecified atom stereocenters. The highest BCUT2D eigenvalue weighted by atomic mass is 16.1. The Morgan fingerprint density at radius 2 is 2.05 bits per heavy atom. The van der Waals surface area contributed by atoms with Crippen LogP contribution in [0.15, 0.2) is 30.3 Å².